The average molecular weight is 214 g/mol. The predicted molar refractivity (Wildman–Crippen MR) is 59.6 cm³/mol. The molecule has 0 heterocycles. The van der Waals surface area contributed by atoms with Crippen LogP contribution >= 0.6 is 11.6 Å². The first kappa shape index (κ1) is 11.5. The third kappa shape index (κ3) is 2.98. The van der Waals surface area contributed by atoms with E-state index in [2.05, 4.69) is 11.8 Å². The summed E-state index contributed by atoms with van der Waals surface area (Å²) in [6.45, 7) is 2.95. The summed E-state index contributed by atoms with van der Waals surface area (Å²) in [5.41, 5.74) is 1.17. The number of nitrogens with zero attached hydrogens (tertiary/aromatic N) is 1. The summed E-state index contributed by atoms with van der Waals surface area (Å²) >= 11 is 5.90. The molecule has 3 heteroatoms. The maximum Gasteiger partial charge on any atom is 0.0558 e. The zero-order chi connectivity index (χ0) is 10.6. The van der Waals surface area contributed by atoms with E-state index in [4.69, 9.17) is 16.7 Å². The lowest BCUT2D eigenvalue weighted by Gasteiger charge is -2.24. The van der Waals surface area contributed by atoms with Crippen molar-refractivity contribution in [3.05, 3.63) is 34.9 Å². The van der Waals surface area contributed by atoms with E-state index >= 15 is 0 Å². The van der Waals surface area contributed by atoms with E-state index < -0.39 is 0 Å². The van der Waals surface area contributed by atoms with E-state index in [1.165, 1.54) is 5.56 Å². The minimum Gasteiger partial charge on any atom is -0.395 e. The van der Waals surface area contributed by atoms with Gasteiger partial charge in [-0.3, -0.25) is 4.90 Å². The minimum absolute atomic E-state index is 0.182. The van der Waals surface area contributed by atoms with Gasteiger partial charge in [0.25, 0.3) is 0 Å². The molecule has 0 saturated carbocycles. The van der Waals surface area contributed by atoms with Gasteiger partial charge >= 0.3 is 0 Å². The van der Waals surface area contributed by atoms with Crippen LogP contribution < -0.4 is 0 Å². The van der Waals surface area contributed by atoms with Crippen LogP contribution in [0, 0.1) is 0 Å². The third-order valence-corrected chi connectivity index (χ3v) is 2.68. The Morgan fingerprint density at radius 1 is 1.50 bits per heavy atom. The van der Waals surface area contributed by atoms with Crippen LogP contribution in [-0.4, -0.2) is 30.2 Å². The SMILES string of the molecule is C[C@@H](c1cccc(Cl)c1)N(C)CCO. The van der Waals surface area contributed by atoms with Gasteiger partial charge in [0, 0.05) is 17.6 Å². The van der Waals surface area contributed by atoms with Gasteiger partial charge in [-0.15, -0.1) is 0 Å². The standard InChI is InChI=1S/C11H16ClNO/c1-9(13(2)6-7-14)10-4-3-5-11(12)8-10/h3-5,8-9,14H,6-7H2,1-2H3/t9-/m0/s1. The van der Waals surface area contributed by atoms with E-state index in [-0.39, 0.29) is 12.6 Å². The van der Waals surface area contributed by atoms with Crippen LogP contribution in [0.4, 0.5) is 0 Å². The Hall–Kier alpha value is -0.570. The van der Waals surface area contributed by atoms with Gasteiger partial charge in [0.1, 0.15) is 0 Å². The number of hydrogen-bond acceptors (Lipinski definition) is 2. The second-order valence-corrected chi connectivity index (χ2v) is 3.87. The summed E-state index contributed by atoms with van der Waals surface area (Å²) in [6.07, 6.45) is 0. The minimum atomic E-state index is 0.182. The lowest BCUT2D eigenvalue weighted by Crippen LogP contribution is -2.25. The fraction of sp³-hybridized carbons (Fsp3) is 0.455. The molecule has 0 aliphatic carbocycles. The summed E-state index contributed by atoms with van der Waals surface area (Å²) in [5.74, 6) is 0. The molecule has 1 aromatic carbocycles. The lowest BCUT2D eigenvalue weighted by atomic mass is 10.1. The quantitative estimate of drug-likeness (QED) is 0.830. The lowest BCUT2D eigenvalue weighted by molar-refractivity contribution is 0.189. The molecule has 1 aromatic rings. The van der Waals surface area contributed by atoms with Gasteiger partial charge < -0.3 is 5.11 Å². The molecule has 1 N–H and O–H groups in total. The molecule has 0 unspecified atom stereocenters. The molecule has 0 aromatic heterocycles. The Balaban J connectivity index is 2.73. The maximum atomic E-state index is 8.82. The van der Waals surface area contributed by atoms with Crippen molar-refractivity contribution in [2.75, 3.05) is 20.2 Å². The number of aliphatic hydroxyl groups excluding tert-OH is 1. The number of rotatable bonds is 4. The molecule has 78 valence electrons. The van der Waals surface area contributed by atoms with E-state index in [0.717, 1.165) is 5.02 Å². The molecule has 0 bridgehead atoms. The molecular formula is C11H16ClNO. The van der Waals surface area contributed by atoms with Crippen LogP contribution in [0.3, 0.4) is 0 Å². The number of hydrogen-bond donors (Lipinski definition) is 1. The fourth-order valence-electron chi connectivity index (χ4n) is 1.37. The van der Waals surface area contributed by atoms with Gasteiger partial charge in [0.2, 0.25) is 0 Å². The maximum absolute atomic E-state index is 8.82. The normalized spacial score (nSPS) is 13.2. The van der Waals surface area contributed by atoms with Crippen LogP contribution in [0.5, 0.6) is 0 Å². The Labute approximate surface area is 90.1 Å². The van der Waals surface area contributed by atoms with Crippen molar-refractivity contribution in [1.82, 2.24) is 4.90 Å². The topological polar surface area (TPSA) is 23.5 Å². The zero-order valence-corrected chi connectivity index (χ0v) is 9.33. The molecule has 0 radical (unpaired) electrons. The van der Waals surface area contributed by atoms with Crippen molar-refractivity contribution in [3.63, 3.8) is 0 Å². The molecule has 0 aliphatic rings. The van der Waals surface area contributed by atoms with Gasteiger partial charge in [0.05, 0.1) is 6.61 Å². The number of aliphatic hydroxyl groups is 1. The number of likely N-dealkylation sites (N-methyl/N-ethyl adjacent to an activating group) is 1. The smallest absolute Gasteiger partial charge is 0.0558 e. The monoisotopic (exact) mass is 213 g/mol. The summed E-state index contributed by atoms with van der Waals surface area (Å²) < 4.78 is 0. The molecule has 1 atom stereocenters. The fourth-order valence-corrected chi connectivity index (χ4v) is 1.57. The highest BCUT2D eigenvalue weighted by Gasteiger charge is 2.10. The van der Waals surface area contributed by atoms with Crippen LogP contribution in [-0.2, 0) is 0 Å². The van der Waals surface area contributed by atoms with Gasteiger partial charge in [-0.25, -0.2) is 0 Å². The first-order chi connectivity index (χ1) is 6.65. The van der Waals surface area contributed by atoms with E-state index in [9.17, 15) is 0 Å². The number of benzene rings is 1. The molecule has 0 amide bonds. The highest BCUT2D eigenvalue weighted by Crippen LogP contribution is 2.21. The van der Waals surface area contributed by atoms with Gasteiger partial charge in [-0.2, -0.15) is 0 Å². The van der Waals surface area contributed by atoms with Crippen LogP contribution in [0.1, 0.15) is 18.5 Å². The highest BCUT2D eigenvalue weighted by atomic mass is 35.5. The Morgan fingerprint density at radius 2 is 2.21 bits per heavy atom. The van der Waals surface area contributed by atoms with Crippen LogP contribution in [0.25, 0.3) is 0 Å². The summed E-state index contributed by atoms with van der Waals surface area (Å²) in [6, 6.07) is 8.09. The van der Waals surface area contributed by atoms with Gasteiger partial charge in [-0.05, 0) is 31.7 Å². The van der Waals surface area contributed by atoms with Crippen molar-refractivity contribution >= 4 is 11.6 Å². The largest absolute Gasteiger partial charge is 0.395 e. The molecule has 14 heavy (non-hydrogen) atoms. The van der Waals surface area contributed by atoms with Crippen molar-refractivity contribution in [1.29, 1.82) is 0 Å². The molecule has 0 saturated heterocycles. The molecule has 2 nitrogen and oxygen atoms in total. The summed E-state index contributed by atoms with van der Waals surface area (Å²) in [4.78, 5) is 2.09. The third-order valence-electron chi connectivity index (χ3n) is 2.44. The highest BCUT2D eigenvalue weighted by molar-refractivity contribution is 6.30. The van der Waals surface area contributed by atoms with Crippen molar-refractivity contribution < 1.29 is 5.11 Å². The second-order valence-electron chi connectivity index (χ2n) is 3.44. The first-order valence-corrected chi connectivity index (χ1v) is 5.09. The van der Waals surface area contributed by atoms with E-state index in [1.807, 2.05) is 31.3 Å². The van der Waals surface area contributed by atoms with Gasteiger partial charge in [0.15, 0.2) is 0 Å². The molecule has 0 fully saturated rings. The predicted octanol–water partition coefficient (Wildman–Crippen LogP) is 2.33. The Bertz CT molecular complexity index is 290. The molecule has 0 spiro atoms. The van der Waals surface area contributed by atoms with E-state index in [0.29, 0.717) is 6.54 Å². The van der Waals surface area contributed by atoms with Crippen molar-refractivity contribution in [3.8, 4) is 0 Å². The number of halogens is 1. The van der Waals surface area contributed by atoms with Crippen molar-refractivity contribution in [2.45, 2.75) is 13.0 Å². The first-order valence-electron chi connectivity index (χ1n) is 4.71. The summed E-state index contributed by atoms with van der Waals surface area (Å²) in [5, 5.41) is 9.58. The van der Waals surface area contributed by atoms with E-state index in [1.54, 1.807) is 0 Å². The Morgan fingerprint density at radius 3 is 2.79 bits per heavy atom. The molecule has 0 aliphatic heterocycles. The molecular weight excluding hydrogens is 198 g/mol. The molecule has 1 rings (SSSR count). The second kappa shape index (κ2) is 5.35. The van der Waals surface area contributed by atoms with Gasteiger partial charge in [-0.1, -0.05) is 23.7 Å². The van der Waals surface area contributed by atoms with Crippen molar-refractivity contribution in [2.24, 2.45) is 0 Å². The summed E-state index contributed by atoms with van der Waals surface area (Å²) in [7, 11) is 1.99. The Kier molecular flexibility index (Phi) is 4.39. The van der Waals surface area contributed by atoms with Crippen LogP contribution in [0.2, 0.25) is 5.02 Å². The zero-order valence-electron chi connectivity index (χ0n) is 8.57. The van der Waals surface area contributed by atoms with Crippen LogP contribution in [0.15, 0.2) is 24.3 Å². The average Bonchev–Trinajstić information content (AvgIpc) is 2.17.